The van der Waals surface area contributed by atoms with Gasteiger partial charge in [0.05, 0.1) is 17.7 Å². The first-order valence-electron chi connectivity index (χ1n) is 9.43. The predicted molar refractivity (Wildman–Crippen MR) is 120 cm³/mol. The molecule has 0 bridgehead atoms. The minimum absolute atomic E-state index is 0.104. The van der Waals surface area contributed by atoms with Gasteiger partial charge in [0.25, 0.3) is 0 Å². The number of thioether (sulfide) groups is 1. The predicted octanol–water partition coefficient (Wildman–Crippen LogP) is 4.56. The molecule has 3 amide bonds. The van der Waals surface area contributed by atoms with Crippen molar-refractivity contribution >= 4 is 51.0 Å². The number of ether oxygens (including phenoxy) is 1. The molecule has 0 saturated carbocycles. The minimum atomic E-state index is -0.292. The van der Waals surface area contributed by atoms with Gasteiger partial charge in [-0.1, -0.05) is 15.9 Å². The fraction of sp³-hybridized carbons (Fsp3) is 0.333. The van der Waals surface area contributed by atoms with Crippen LogP contribution in [0.5, 0.6) is 5.75 Å². The first-order valence-corrected chi connectivity index (χ1v) is 11.2. The number of halogens is 1. The van der Waals surface area contributed by atoms with Crippen molar-refractivity contribution in [2.75, 3.05) is 36.2 Å². The Hall–Kier alpha value is -2.19. The lowest BCUT2D eigenvalue weighted by atomic mass is 10.0. The molecule has 29 heavy (non-hydrogen) atoms. The first kappa shape index (κ1) is 20.1. The van der Waals surface area contributed by atoms with Crippen LogP contribution in [0.15, 0.2) is 53.0 Å². The molecule has 152 valence electrons. The van der Waals surface area contributed by atoms with E-state index in [1.165, 1.54) is 0 Å². The molecule has 0 aliphatic carbocycles. The van der Waals surface area contributed by atoms with Gasteiger partial charge < -0.3 is 15.0 Å². The fourth-order valence-corrected chi connectivity index (χ4v) is 5.42. The highest BCUT2D eigenvalue weighted by Gasteiger charge is 2.49. The maximum Gasteiger partial charge on any atom is 0.321 e. The van der Waals surface area contributed by atoms with Crippen LogP contribution in [-0.2, 0) is 4.79 Å². The Kier molecular flexibility index (Phi) is 5.74. The number of rotatable bonds is 3. The monoisotopic (exact) mass is 475 g/mol. The summed E-state index contributed by atoms with van der Waals surface area (Å²) in [5, 5.41) is 2.95. The number of piperidine rings is 1. The molecule has 2 aliphatic rings. The number of hydrogen-bond acceptors (Lipinski definition) is 4. The molecule has 2 aromatic rings. The molecule has 2 fully saturated rings. The van der Waals surface area contributed by atoms with Crippen LogP contribution in [0.4, 0.5) is 16.2 Å². The van der Waals surface area contributed by atoms with E-state index < -0.39 is 0 Å². The number of benzene rings is 2. The Morgan fingerprint density at radius 3 is 2.38 bits per heavy atom. The summed E-state index contributed by atoms with van der Waals surface area (Å²) in [4.78, 5) is 28.8. The van der Waals surface area contributed by atoms with E-state index >= 15 is 0 Å². The van der Waals surface area contributed by atoms with Gasteiger partial charge in [-0.05, 0) is 61.4 Å². The first-order chi connectivity index (χ1) is 14.0. The van der Waals surface area contributed by atoms with Gasteiger partial charge in [0.1, 0.15) is 5.75 Å². The smallest absolute Gasteiger partial charge is 0.321 e. The van der Waals surface area contributed by atoms with Crippen LogP contribution in [-0.4, -0.2) is 47.7 Å². The molecule has 8 heteroatoms. The van der Waals surface area contributed by atoms with E-state index in [9.17, 15) is 9.59 Å². The lowest BCUT2D eigenvalue weighted by Crippen LogP contribution is -2.53. The van der Waals surface area contributed by atoms with E-state index in [1.54, 1.807) is 18.9 Å². The number of urea groups is 1. The van der Waals surface area contributed by atoms with E-state index in [1.807, 2.05) is 58.3 Å². The van der Waals surface area contributed by atoms with Gasteiger partial charge in [-0.15, -0.1) is 11.8 Å². The molecular formula is C21H22BrN3O3S. The third-order valence-electron chi connectivity index (χ3n) is 5.38. The van der Waals surface area contributed by atoms with Gasteiger partial charge in [-0.3, -0.25) is 9.69 Å². The molecule has 0 aromatic heterocycles. The Morgan fingerprint density at radius 1 is 1.10 bits per heavy atom. The van der Waals surface area contributed by atoms with Crippen LogP contribution in [0, 0.1) is 0 Å². The number of hydrogen-bond donors (Lipinski definition) is 1. The molecule has 4 rings (SSSR count). The lowest BCUT2D eigenvalue weighted by molar-refractivity contribution is -0.116. The normalized spacial score (nSPS) is 18.2. The number of nitrogens with zero attached hydrogens (tertiary/aromatic N) is 2. The SMILES string of the molecule is COc1ccc(N2C(=O)CSC23CCN(C(=O)Nc2ccc(Br)cc2)CC3)cc1. The molecule has 1 N–H and O–H groups in total. The molecule has 2 aliphatic heterocycles. The van der Waals surface area contributed by atoms with Crippen LogP contribution in [0.25, 0.3) is 0 Å². The number of anilines is 2. The summed E-state index contributed by atoms with van der Waals surface area (Å²) in [6, 6.07) is 15.0. The summed E-state index contributed by atoms with van der Waals surface area (Å²) in [5.74, 6) is 1.35. The van der Waals surface area contributed by atoms with Crippen molar-refractivity contribution in [3.8, 4) is 5.75 Å². The van der Waals surface area contributed by atoms with Crippen LogP contribution >= 0.6 is 27.7 Å². The van der Waals surface area contributed by atoms with E-state index in [0.717, 1.165) is 34.4 Å². The van der Waals surface area contributed by atoms with Crippen molar-refractivity contribution in [1.29, 1.82) is 0 Å². The second kappa shape index (κ2) is 8.28. The van der Waals surface area contributed by atoms with E-state index in [-0.39, 0.29) is 16.8 Å². The zero-order chi connectivity index (χ0) is 20.4. The maximum absolute atomic E-state index is 12.7. The standard InChI is InChI=1S/C21H22BrN3O3S/c1-28-18-8-6-17(7-9-18)25-19(26)14-29-21(25)10-12-24(13-11-21)20(27)23-16-4-2-15(22)3-5-16/h2-9H,10-14H2,1H3,(H,23,27). The quantitative estimate of drug-likeness (QED) is 0.706. The minimum Gasteiger partial charge on any atom is -0.497 e. The topological polar surface area (TPSA) is 61.9 Å². The van der Waals surface area contributed by atoms with Crippen LogP contribution in [0.1, 0.15) is 12.8 Å². The van der Waals surface area contributed by atoms with Crippen molar-refractivity contribution < 1.29 is 14.3 Å². The van der Waals surface area contributed by atoms with E-state index in [4.69, 9.17) is 4.74 Å². The number of amides is 3. The highest BCUT2D eigenvalue weighted by molar-refractivity contribution is 9.10. The average Bonchev–Trinajstić information content (AvgIpc) is 3.06. The third-order valence-corrected chi connectivity index (χ3v) is 7.43. The van der Waals surface area contributed by atoms with Gasteiger partial charge in [0, 0.05) is 28.9 Å². The highest BCUT2D eigenvalue weighted by atomic mass is 79.9. The summed E-state index contributed by atoms with van der Waals surface area (Å²) in [7, 11) is 1.63. The maximum atomic E-state index is 12.7. The van der Waals surface area contributed by atoms with Crippen LogP contribution in [0.2, 0.25) is 0 Å². The Balaban J connectivity index is 1.44. The van der Waals surface area contributed by atoms with Crippen molar-refractivity contribution in [2.45, 2.75) is 17.7 Å². The molecular weight excluding hydrogens is 454 g/mol. The Morgan fingerprint density at radius 2 is 1.76 bits per heavy atom. The molecule has 2 heterocycles. The summed E-state index contributed by atoms with van der Waals surface area (Å²) >= 11 is 5.08. The van der Waals surface area contributed by atoms with E-state index in [2.05, 4.69) is 21.2 Å². The third kappa shape index (κ3) is 4.09. The molecule has 0 atom stereocenters. The van der Waals surface area contributed by atoms with Gasteiger partial charge in [0.15, 0.2) is 0 Å². The zero-order valence-corrected chi connectivity index (χ0v) is 18.5. The van der Waals surface area contributed by atoms with Crippen molar-refractivity contribution in [1.82, 2.24) is 4.90 Å². The molecule has 2 saturated heterocycles. The highest BCUT2D eigenvalue weighted by Crippen LogP contribution is 2.47. The van der Waals surface area contributed by atoms with Crippen molar-refractivity contribution in [3.63, 3.8) is 0 Å². The average molecular weight is 476 g/mol. The van der Waals surface area contributed by atoms with Crippen molar-refractivity contribution in [3.05, 3.63) is 53.0 Å². The number of nitrogens with one attached hydrogen (secondary N) is 1. The summed E-state index contributed by atoms with van der Waals surface area (Å²) in [6.07, 6.45) is 1.48. The number of carbonyl (C=O) groups excluding carboxylic acids is 2. The summed E-state index contributed by atoms with van der Waals surface area (Å²) in [5.41, 5.74) is 1.65. The van der Waals surface area contributed by atoms with Crippen LogP contribution < -0.4 is 15.0 Å². The van der Waals surface area contributed by atoms with E-state index in [0.29, 0.717) is 18.8 Å². The van der Waals surface area contributed by atoms with Gasteiger partial charge in [-0.25, -0.2) is 4.79 Å². The second-order valence-electron chi connectivity index (χ2n) is 7.09. The van der Waals surface area contributed by atoms with Gasteiger partial charge in [-0.2, -0.15) is 0 Å². The van der Waals surface area contributed by atoms with Crippen LogP contribution in [0.3, 0.4) is 0 Å². The lowest BCUT2D eigenvalue weighted by Gasteiger charge is -2.43. The fourth-order valence-electron chi connectivity index (χ4n) is 3.83. The Bertz CT molecular complexity index is 896. The zero-order valence-electron chi connectivity index (χ0n) is 16.1. The van der Waals surface area contributed by atoms with Gasteiger partial charge in [0.2, 0.25) is 5.91 Å². The van der Waals surface area contributed by atoms with Gasteiger partial charge >= 0.3 is 6.03 Å². The number of likely N-dealkylation sites (tertiary alicyclic amines) is 1. The molecule has 1 spiro atoms. The summed E-state index contributed by atoms with van der Waals surface area (Å²) < 4.78 is 6.20. The molecule has 0 radical (unpaired) electrons. The number of carbonyl (C=O) groups is 2. The van der Waals surface area contributed by atoms with Crippen molar-refractivity contribution in [2.24, 2.45) is 0 Å². The Labute approximate surface area is 182 Å². The molecule has 0 unspecified atom stereocenters. The molecule has 2 aromatic carbocycles. The second-order valence-corrected chi connectivity index (χ2v) is 9.34. The number of methoxy groups -OCH3 is 1. The largest absolute Gasteiger partial charge is 0.497 e. The molecule has 6 nitrogen and oxygen atoms in total. The summed E-state index contributed by atoms with van der Waals surface area (Å²) in [6.45, 7) is 1.21.